The normalized spacial score (nSPS) is 15.7. The molecule has 1 saturated heterocycles. The van der Waals surface area contributed by atoms with Crippen LogP contribution in [0.5, 0.6) is 5.75 Å². The van der Waals surface area contributed by atoms with Crippen molar-refractivity contribution in [2.24, 2.45) is 0 Å². The SMILES string of the molecule is COc1ccc(-c2nc(C(=O)N3CCN(C)CC3)cs2)c(F)c1. The van der Waals surface area contributed by atoms with Gasteiger partial charge in [-0.05, 0) is 19.2 Å². The number of piperazine rings is 1. The van der Waals surface area contributed by atoms with Crippen LogP contribution < -0.4 is 4.74 Å². The van der Waals surface area contributed by atoms with E-state index in [0.29, 0.717) is 35.1 Å². The molecule has 2 heterocycles. The fourth-order valence-electron chi connectivity index (χ4n) is 2.46. The number of carbonyl (C=O) groups excluding carboxylic acids is 1. The summed E-state index contributed by atoms with van der Waals surface area (Å²) >= 11 is 1.27. The van der Waals surface area contributed by atoms with Crippen molar-refractivity contribution in [1.82, 2.24) is 14.8 Å². The zero-order valence-corrected chi connectivity index (χ0v) is 13.9. The number of hydrogen-bond donors (Lipinski definition) is 0. The van der Waals surface area contributed by atoms with Gasteiger partial charge in [-0.25, -0.2) is 9.37 Å². The first-order valence-electron chi connectivity index (χ1n) is 7.35. The summed E-state index contributed by atoms with van der Waals surface area (Å²) in [5.41, 5.74) is 0.762. The van der Waals surface area contributed by atoms with E-state index in [1.165, 1.54) is 24.5 Å². The molecule has 2 aromatic rings. The van der Waals surface area contributed by atoms with Gasteiger partial charge in [0, 0.05) is 43.2 Å². The lowest BCUT2D eigenvalue weighted by molar-refractivity contribution is 0.0659. The Morgan fingerprint density at radius 2 is 2.04 bits per heavy atom. The molecule has 0 spiro atoms. The Balaban J connectivity index is 1.79. The third-order valence-electron chi connectivity index (χ3n) is 3.92. The predicted octanol–water partition coefficient (Wildman–Crippen LogP) is 2.35. The summed E-state index contributed by atoms with van der Waals surface area (Å²) in [6.45, 7) is 3.10. The van der Waals surface area contributed by atoms with Crippen molar-refractivity contribution in [3.05, 3.63) is 35.1 Å². The molecule has 0 radical (unpaired) electrons. The van der Waals surface area contributed by atoms with Gasteiger partial charge in [-0.3, -0.25) is 4.79 Å². The molecule has 0 saturated carbocycles. The van der Waals surface area contributed by atoms with Gasteiger partial charge >= 0.3 is 0 Å². The molecule has 23 heavy (non-hydrogen) atoms. The van der Waals surface area contributed by atoms with Crippen LogP contribution >= 0.6 is 11.3 Å². The molecule has 1 aromatic carbocycles. The van der Waals surface area contributed by atoms with Crippen LogP contribution in [0, 0.1) is 5.82 Å². The van der Waals surface area contributed by atoms with Crippen molar-refractivity contribution < 1.29 is 13.9 Å². The van der Waals surface area contributed by atoms with Crippen LogP contribution in [0.15, 0.2) is 23.6 Å². The Hall–Kier alpha value is -1.99. The van der Waals surface area contributed by atoms with Gasteiger partial charge in [0.05, 0.1) is 7.11 Å². The highest BCUT2D eigenvalue weighted by molar-refractivity contribution is 7.13. The van der Waals surface area contributed by atoms with Gasteiger partial charge in [0.1, 0.15) is 22.3 Å². The Bertz CT molecular complexity index is 711. The summed E-state index contributed by atoms with van der Waals surface area (Å²) in [6, 6.07) is 4.62. The number of aromatic nitrogens is 1. The molecule has 122 valence electrons. The Kier molecular flexibility index (Phi) is 4.58. The molecule has 1 fully saturated rings. The van der Waals surface area contributed by atoms with Gasteiger partial charge < -0.3 is 14.5 Å². The van der Waals surface area contributed by atoms with E-state index in [1.807, 2.05) is 7.05 Å². The van der Waals surface area contributed by atoms with Crippen molar-refractivity contribution in [3.63, 3.8) is 0 Å². The number of halogens is 1. The Labute approximate surface area is 138 Å². The second-order valence-corrected chi connectivity index (χ2v) is 6.34. The van der Waals surface area contributed by atoms with Crippen LogP contribution in [0.3, 0.4) is 0 Å². The van der Waals surface area contributed by atoms with E-state index in [0.717, 1.165) is 13.1 Å². The van der Waals surface area contributed by atoms with Crippen molar-refractivity contribution in [2.45, 2.75) is 0 Å². The minimum absolute atomic E-state index is 0.0884. The number of benzene rings is 1. The molecule has 0 bridgehead atoms. The summed E-state index contributed by atoms with van der Waals surface area (Å²) < 4.78 is 19.1. The zero-order valence-electron chi connectivity index (χ0n) is 13.1. The van der Waals surface area contributed by atoms with E-state index in [2.05, 4.69) is 9.88 Å². The van der Waals surface area contributed by atoms with Crippen LogP contribution in [0.4, 0.5) is 4.39 Å². The smallest absolute Gasteiger partial charge is 0.273 e. The van der Waals surface area contributed by atoms with Crippen LogP contribution in [-0.2, 0) is 0 Å². The van der Waals surface area contributed by atoms with Crippen LogP contribution in [0.1, 0.15) is 10.5 Å². The fourth-order valence-corrected chi connectivity index (χ4v) is 3.28. The maximum absolute atomic E-state index is 14.1. The number of likely N-dealkylation sites (N-methyl/N-ethyl adjacent to an activating group) is 1. The molecule has 0 atom stereocenters. The highest BCUT2D eigenvalue weighted by Gasteiger charge is 2.23. The molecule has 7 heteroatoms. The lowest BCUT2D eigenvalue weighted by atomic mass is 10.2. The van der Waals surface area contributed by atoms with Crippen LogP contribution in [0.2, 0.25) is 0 Å². The first-order chi connectivity index (χ1) is 11.1. The highest BCUT2D eigenvalue weighted by atomic mass is 32.1. The van der Waals surface area contributed by atoms with E-state index in [4.69, 9.17) is 4.74 Å². The number of ether oxygens (including phenoxy) is 1. The lowest BCUT2D eigenvalue weighted by Gasteiger charge is -2.31. The highest BCUT2D eigenvalue weighted by Crippen LogP contribution is 2.29. The molecule has 1 aromatic heterocycles. The minimum atomic E-state index is -0.405. The molecule has 0 N–H and O–H groups in total. The topological polar surface area (TPSA) is 45.7 Å². The van der Waals surface area contributed by atoms with Gasteiger partial charge in [0.15, 0.2) is 0 Å². The standard InChI is InChI=1S/C16H18FN3O2S/c1-19-5-7-20(8-6-19)16(21)14-10-23-15(18-14)12-4-3-11(22-2)9-13(12)17/h3-4,9-10H,5-8H2,1-2H3. The molecule has 0 aliphatic carbocycles. The Morgan fingerprint density at radius 1 is 1.30 bits per heavy atom. The molecule has 1 aliphatic rings. The number of amides is 1. The monoisotopic (exact) mass is 335 g/mol. The molecular formula is C16H18FN3O2S. The molecule has 5 nitrogen and oxygen atoms in total. The van der Waals surface area contributed by atoms with Crippen LogP contribution in [0.25, 0.3) is 10.6 Å². The van der Waals surface area contributed by atoms with E-state index >= 15 is 0 Å². The molecule has 0 unspecified atom stereocenters. The van der Waals surface area contributed by atoms with Crippen molar-refractivity contribution in [3.8, 4) is 16.3 Å². The van der Waals surface area contributed by atoms with Crippen LogP contribution in [-0.4, -0.2) is 61.0 Å². The molecule has 1 aliphatic heterocycles. The van der Waals surface area contributed by atoms with E-state index < -0.39 is 5.82 Å². The van der Waals surface area contributed by atoms with Gasteiger partial charge in [0.2, 0.25) is 0 Å². The largest absolute Gasteiger partial charge is 0.497 e. The quantitative estimate of drug-likeness (QED) is 0.864. The van der Waals surface area contributed by atoms with Gasteiger partial charge in [0.25, 0.3) is 5.91 Å². The van der Waals surface area contributed by atoms with Gasteiger partial charge in [-0.15, -0.1) is 11.3 Å². The molecule has 1 amide bonds. The average Bonchev–Trinajstić information content (AvgIpc) is 3.04. The third-order valence-corrected chi connectivity index (χ3v) is 4.80. The van der Waals surface area contributed by atoms with E-state index in [1.54, 1.807) is 22.4 Å². The average molecular weight is 335 g/mol. The maximum atomic E-state index is 14.1. The lowest BCUT2D eigenvalue weighted by Crippen LogP contribution is -2.47. The number of hydrogen-bond acceptors (Lipinski definition) is 5. The van der Waals surface area contributed by atoms with Gasteiger partial charge in [-0.1, -0.05) is 0 Å². The predicted molar refractivity (Wildman–Crippen MR) is 87.5 cm³/mol. The number of thiazole rings is 1. The summed E-state index contributed by atoms with van der Waals surface area (Å²) in [7, 11) is 3.53. The second kappa shape index (κ2) is 6.64. The number of carbonyl (C=O) groups is 1. The summed E-state index contributed by atoms with van der Waals surface area (Å²) in [4.78, 5) is 20.8. The zero-order chi connectivity index (χ0) is 16.4. The maximum Gasteiger partial charge on any atom is 0.273 e. The summed E-state index contributed by atoms with van der Waals surface area (Å²) in [5.74, 6) is -0.0386. The van der Waals surface area contributed by atoms with Crippen molar-refractivity contribution >= 4 is 17.2 Å². The first kappa shape index (κ1) is 15.9. The van der Waals surface area contributed by atoms with Gasteiger partial charge in [-0.2, -0.15) is 0 Å². The second-order valence-electron chi connectivity index (χ2n) is 5.48. The summed E-state index contributed by atoms with van der Waals surface area (Å²) in [6.07, 6.45) is 0. The Morgan fingerprint density at radius 3 is 2.70 bits per heavy atom. The molecule has 3 rings (SSSR count). The fraction of sp³-hybridized carbons (Fsp3) is 0.375. The van der Waals surface area contributed by atoms with E-state index in [9.17, 15) is 9.18 Å². The van der Waals surface area contributed by atoms with E-state index in [-0.39, 0.29) is 5.91 Å². The summed E-state index contributed by atoms with van der Waals surface area (Å²) in [5, 5.41) is 2.20. The number of methoxy groups -OCH3 is 1. The first-order valence-corrected chi connectivity index (χ1v) is 8.23. The van der Waals surface area contributed by atoms with Crippen molar-refractivity contribution in [1.29, 1.82) is 0 Å². The van der Waals surface area contributed by atoms with Crippen molar-refractivity contribution in [2.75, 3.05) is 40.3 Å². The number of nitrogens with zero attached hydrogens (tertiary/aromatic N) is 3. The third kappa shape index (κ3) is 3.35. The molecular weight excluding hydrogens is 317 g/mol. The minimum Gasteiger partial charge on any atom is -0.497 e. The number of rotatable bonds is 3.